The predicted octanol–water partition coefficient (Wildman–Crippen LogP) is -7.19. The van der Waals surface area contributed by atoms with E-state index in [0.29, 0.717) is 0 Å². The van der Waals surface area contributed by atoms with Crippen LogP contribution in [0.4, 0.5) is 19.1 Å². The monoisotopic (exact) mass is 481 g/mol. The van der Waals surface area contributed by atoms with Crippen molar-refractivity contribution in [3.63, 3.8) is 0 Å². The van der Waals surface area contributed by atoms with Crippen molar-refractivity contribution in [2.75, 3.05) is 0 Å². The fourth-order valence-electron chi connectivity index (χ4n) is 0. The average Bonchev–Trinajstić information content (AvgIpc) is 1.54. The third kappa shape index (κ3) is 26500. The van der Waals surface area contributed by atoms with Crippen molar-refractivity contribution in [2.24, 2.45) is 0 Å². The van der Waals surface area contributed by atoms with Crippen molar-refractivity contribution in [3.8, 4) is 0 Å². The van der Waals surface area contributed by atoms with Crippen LogP contribution in [0, 0.1) is 76.4 Å². The quantitative estimate of drug-likeness (QED) is 0.322. The summed E-state index contributed by atoms with van der Waals surface area (Å²) in [5.74, 6) is 0. The molecule has 0 aliphatic rings. The van der Waals surface area contributed by atoms with Crippen LogP contribution in [-0.4, -0.2) is 18.5 Å². The number of hydrogen-bond acceptors (Lipinski definition) is 9. The van der Waals surface area contributed by atoms with Crippen molar-refractivity contribution in [3.05, 3.63) is 0 Å². The summed E-state index contributed by atoms with van der Waals surface area (Å²) in [6, 6.07) is 0. The Bertz CT molecular complexity index is 123. The van der Waals surface area contributed by atoms with Gasteiger partial charge in [0.15, 0.2) is 0 Å². The van der Waals surface area contributed by atoms with Crippen LogP contribution in [0.15, 0.2) is 0 Å². The Morgan fingerprint density at radius 2 is 0.600 bits per heavy atom. The van der Waals surface area contributed by atoms with Crippen LogP contribution in [0.5, 0.6) is 0 Å². The number of carbonyl (C=O) groups is 3. The Kier molecular flexibility index (Phi) is 70.5. The zero-order valence-electron chi connectivity index (χ0n) is 6.66. The summed E-state index contributed by atoms with van der Waals surface area (Å²) in [7, 11) is 0. The Morgan fingerprint density at radius 3 is 0.600 bits per heavy atom. The molecule has 0 aliphatic carbocycles. The van der Waals surface area contributed by atoms with Gasteiger partial charge < -0.3 is 45.0 Å². The number of hydrogen-bond donors (Lipinski definition) is 0. The number of carbonyl (C=O) groups excluding carboxylic acids is 3. The van der Waals surface area contributed by atoms with Gasteiger partial charge in [0.25, 0.3) is 0 Å². The van der Waals surface area contributed by atoms with Gasteiger partial charge in [-0.05, 0) is 18.5 Å². The molecule has 12 heteroatoms. The van der Waals surface area contributed by atoms with E-state index in [2.05, 4.69) is 0 Å². The van der Waals surface area contributed by atoms with Crippen LogP contribution >= 0.6 is 0 Å². The van der Waals surface area contributed by atoms with Crippen molar-refractivity contribution in [1.82, 2.24) is 0 Å². The van der Waals surface area contributed by atoms with E-state index in [-0.39, 0.29) is 81.1 Å². The summed E-state index contributed by atoms with van der Waals surface area (Å²) < 4.78 is 0. The molecule has 0 atom stereocenters. The molecule has 81 valence electrons. The maximum Gasteiger partial charge on any atom is 3.00 e. The largest absolute Gasteiger partial charge is 3.00 e. The van der Waals surface area contributed by atoms with Crippen LogP contribution < -0.4 is 30.6 Å². The van der Waals surface area contributed by atoms with Gasteiger partial charge in [-0.3, -0.25) is 4.70 Å². The van der Waals surface area contributed by atoms with E-state index in [4.69, 9.17) is 45.0 Å². The van der Waals surface area contributed by atoms with Crippen LogP contribution in [-0.2, 0) is 0 Å². The molecule has 0 spiro atoms. The van der Waals surface area contributed by atoms with Gasteiger partial charge in [-0.15, -0.1) is 0 Å². The van der Waals surface area contributed by atoms with E-state index >= 15 is 0 Å². The van der Waals surface area contributed by atoms with Crippen LogP contribution in [0.25, 0.3) is 0 Å². The molecule has 0 fully saturated rings. The standard InChI is InChI=1S/3CH2O3.FH.La.Nd/c3*2-1(3)4;;;/h3*(H2,2,3,4);1H;;/q;;;;2*+3/p-6. The fraction of sp³-hybridized carbons (Fsp3) is 0. The Balaban J connectivity index is -0.0000000184. The summed E-state index contributed by atoms with van der Waals surface area (Å²) >= 11 is 0. The minimum atomic E-state index is -2.33. The number of rotatable bonds is 0. The molecule has 0 aromatic carbocycles. The second kappa shape index (κ2) is 29.2. The molecule has 0 heterocycles. The molecule has 0 amide bonds. The summed E-state index contributed by atoms with van der Waals surface area (Å²) in [6.07, 6.45) is -7.00. The van der Waals surface area contributed by atoms with Gasteiger partial charge >= 0.3 is 76.4 Å². The molecule has 0 N–H and O–H groups in total. The molecule has 0 unspecified atom stereocenters. The molecule has 0 aromatic rings. The van der Waals surface area contributed by atoms with Gasteiger partial charge in [0.2, 0.25) is 0 Å². The minimum Gasteiger partial charge on any atom is -0.652 e. The Labute approximate surface area is 143 Å². The molecule has 1 radical (unpaired) electrons. The molecule has 0 aromatic heterocycles. The minimum absolute atomic E-state index is 0. The zero-order valence-corrected chi connectivity index (χ0v) is 13.5. The second-order valence-electron chi connectivity index (χ2n) is 0.750. The van der Waals surface area contributed by atoms with Crippen LogP contribution in [0.1, 0.15) is 0 Å². The van der Waals surface area contributed by atoms with Gasteiger partial charge in [0.1, 0.15) is 0 Å². The normalized spacial score (nSPS) is 4.80. The number of halogens is 1. The van der Waals surface area contributed by atoms with Gasteiger partial charge in [0.05, 0.1) is 0 Å². The van der Waals surface area contributed by atoms with Crippen molar-refractivity contribution in [1.29, 1.82) is 0 Å². The van der Waals surface area contributed by atoms with E-state index in [9.17, 15) is 0 Å². The molecule has 0 aliphatic heterocycles. The van der Waals surface area contributed by atoms with E-state index in [1.165, 1.54) is 0 Å². The first-order chi connectivity index (χ1) is 5.20. The van der Waals surface area contributed by atoms with Gasteiger partial charge in [-0.1, -0.05) is 0 Å². The topological polar surface area (TPSA) is 190 Å². The van der Waals surface area contributed by atoms with E-state index in [1.54, 1.807) is 0 Å². The van der Waals surface area contributed by atoms with Crippen LogP contribution in [0.2, 0.25) is 0 Å². The predicted molar refractivity (Wildman–Crippen MR) is 18.7 cm³/mol. The van der Waals surface area contributed by atoms with E-state index < -0.39 is 18.5 Å². The molecule has 0 saturated heterocycles. The van der Waals surface area contributed by atoms with E-state index in [0.717, 1.165) is 0 Å². The SMILES string of the molecule is F.O=C([O-])[O-].O=C([O-])[O-].O=C([O-])[O-].[La+3].[Nd+3]. The average molecular weight is 483 g/mol. The van der Waals surface area contributed by atoms with Crippen LogP contribution in [0.3, 0.4) is 0 Å². The molecule has 0 saturated carbocycles. The summed E-state index contributed by atoms with van der Waals surface area (Å²) in [5.41, 5.74) is 0. The molecular weight excluding hydrogens is 482 g/mol. The number of carboxylic acid groups (broad SMARTS) is 6. The van der Waals surface area contributed by atoms with Gasteiger partial charge in [-0.2, -0.15) is 0 Å². The third-order valence-corrected chi connectivity index (χ3v) is 0. The third-order valence-electron chi connectivity index (χ3n) is 0. The zero-order chi connectivity index (χ0) is 10.7. The van der Waals surface area contributed by atoms with Crippen molar-refractivity contribution >= 4 is 18.5 Å². The van der Waals surface area contributed by atoms with Gasteiger partial charge in [0, 0.05) is 0 Å². The first-order valence-corrected chi connectivity index (χ1v) is 1.84. The Morgan fingerprint density at radius 1 is 0.600 bits per heavy atom. The van der Waals surface area contributed by atoms with Crippen molar-refractivity contribution in [2.45, 2.75) is 0 Å². The summed E-state index contributed by atoms with van der Waals surface area (Å²) in [4.78, 5) is 25.0. The first kappa shape index (κ1) is 36.2. The van der Waals surface area contributed by atoms with E-state index in [1.807, 2.05) is 0 Å². The summed E-state index contributed by atoms with van der Waals surface area (Å²) in [6.45, 7) is 0. The fourth-order valence-corrected chi connectivity index (χ4v) is 0. The molecule has 9 nitrogen and oxygen atoms in total. The Hall–Kier alpha value is 0.285. The maximum atomic E-state index is 8.33. The molecule has 15 heavy (non-hydrogen) atoms. The smallest absolute Gasteiger partial charge is 0.652 e. The molecule has 0 rings (SSSR count). The van der Waals surface area contributed by atoms with Crippen molar-refractivity contribution < 1.29 is 126 Å². The van der Waals surface area contributed by atoms with Gasteiger partial charge in [-0.25, -0.2) is 0 Å². The molecular formula is C3HFLaNdO9. The second-order valence-corrected chi connectivity index (χ2v) is 0.750. The molecule has 0 bridgehead atoms. The maximum absolute atomic E-state index is 8.33. The summed E-state index contributed by atoms with van der Waals surface area (Å²) in [5, 5.41) is 50.0. The first-order valence-electron chi connectivity index (χ1n) is 1.84.